The first-order chi connectivity index (χ1) is 20.6. The van der Waals surface area contributed by atoms with Crippen molar-refractivity contribution in [1.29, 1.82) is 0 Å². The van der Waals surface area contributed by atoms with Crippen molar-refractivity contribution in [2.75, 3.05) is 40.4 Å². The Morgan fingerprint density at radius 1 is 0.727 bits per heavy atom. The Balaban J connectivity index is 0.00000529. The number of methoxy groups -OCH3 is 2. The summed E-state index contributed by atoms with van der Waals surface area (Å²) < 4.78 is 41.8. The molecule has 4 rings (SSSR count). The van der Waals surface area contributed by atoms with Gasteiger partial charge >= 0.3 is 0 Å². The molecule has 0 radical (unpaired) electrons. The van der Waals surface area contributed by atoms with Crippen LogP contribution in [0.2, 0.25) is 0 Å². The third-order valence-corrected chi connectivity index (χ3v) is 10.4. The maximum atomic E-state index is 14.1. The monoisotopic (exact) mass is 682 g/mol. The standard InChI is InChI=1S/C36H47N2O4S.BrH/c1-7-38(8-2,27-31-22-28(3)21-29(4)23-31)20-12-11-19-37(26-30-15-18-35(41-5)36(24-30)42-6)43(39,40)34-17-16-32-13-9-10-14-33(32)25-34;/h9-10,13-18,21-25H,7-8,11-12,19-20,26-27H2,1-6H3;1H/q+1;/p-1. The summed E-state index contributed by atoms with van der Waals surface area (Å²) in [4.78, 5) is 0.314. The van der Waals surface area contributed by atoms with Crippen molar-refractivity contribution in [2.24, 2.45) is 0 Å². The highest BCUT2D eigenvalue weighted by atomic mass is 79.9. The number of unbranched alkanes of at least 4 members (excludes halogenated alkanes) is 1. The Kier molecular flexibility index (Phi) is 12.8. The Labute approximate surface area is 275 Å². The van der Waals surface area contributed by atoms with E-state index in [2.05, 4.69) is 45.9 Å². The van der Waals surface area contributed by atoms with E-state index in [9.17, 15) is 8.42 Å². The van der Waals surface area contributed by atoms with Gasteiger partial charge in [-0.2, -0.15) is 4.31 Å². The molecule has 0 atom stereocenters. The van der Waals surface area contributed by atoms with Crippen molar-refractivity contribution in [3.8, 4) is 11.5 Å². The predicted octanol–water partition coefficient (Wildman–Crippen LogP) is 4.51. The minimum absolute atomic E-state index is 0. The van der Waals surface area contributed by atoms with E-state index in [0.717, 1.165) is 59.8 Å². The number of hydrogen-bond donors (Lipinski definition) is 0. The van der Waals surface area contributed by atoms with Gasteiger partial charge in [0.25, 0.3) is 0 Å². The van der Waals surface area contributed by atoms with Crippen molar-refractivity contribution < 1.29 is 39.4 Å². The van der Waals surface area contributed by atoms with E-state index in [4.69, 9.17) is 9.47 Å². The van der Waals surface area contributed by atoms with Crippen LogP contribution in [-0.2, 0) is 23.1 Å². The molecule has 0 aromatic heterocycles. The summed E-state index contributed by atoms with van der Waals surface area (Å²) in [5, 5.41) is 1.93. The number of rotatable bonds is 15. The zero-order valence-electron chi connectivity index (χ0n) is 27.0. The van der Waals surface area contributed by atoms with Crippen LogP contribution in [-0.4, -0.2) is 57.6 Å². The smallest absolute Gasteiger partial charge is 0.243 e. The topological polar surface area (TPSA) is 55.8 Å². The number of ether oxygens (including phenoxy) is 2. The van der Waals surface area contributed by atoms with Gasteiger partial charge in [-0.3, -0.25) is 0 Å². The molecule has 0 aliphatic rings. The highest BCUT2D eigenvalue weighted by Crippen LogP contribution is 2.30. The van der Waals surface area contributed by atoms with Gasteiger partial charge in [-0.05, 0) is 81.1 Å². The van der Waals surface area contributed by atoms with Gasteiger partial charge in [0.1, 0.15) is 6.54 Å². The van der Waals surface area contributed by atoms with Gasteiger partial charge in [0.2, 0.25) is 10.0 Å². The molecule has 44 heavy (non-hydrogen) atoms. The van der Waals surface area contributed by atoms with Gasteiger partial charge < -0.3 is 30.9 Å². The minimum atomic E-state index is -3.75. The van der Waals surface area contributed by atoms with E-state index >= 15 is 0 Å². The third kappa shape index (κ3) is 8.62. The van der Waals surface area contributed by atoms with Crippen LogP contribution in [0.5, 0.6) is 11.5 Å². The average molecular weight is 684 g/mol. The van der Waals surface area contributed by atoms with Crippen LogP contribution in [0.4, 0.5) is 0 Å². The Morgan fingerprint density at radius 3 is 2.02 bits per heavy atom. The van der Waals surface area contributed by atoms with Crippen LogP contribution in [0.15, 0.2) is 83.8 Å². The van der Waals surface area contributed by atoms with Crippen LogP contribution in [0.1, 0.15) is 48.9 Å². The fourth-order valence-electron chi connectivity index (χ4n) is 6.07. The number of hydrogen-bond acceptors (Lipinski definition) is 4. The molecule has 0 saturated carbocycles. The SMILES string of the molecule is CC[N+](CC)(CCCCN(Cc1ccc(OC)c(OC)c1)S(=O)(=O)c1ccc2ccccc2c1)Cc1cc(C)cc(C)c1.[Br-]. The second-order valence-electron chi connectivity index (χ2n) is 11.6. The molecule has 0 amide bonds. The van der Waals surface area contributed by atoms with Crippen molar-refractivity contribution in [3.05, 3.63) is 101 Å². The summed E-state index contributed by atoms with van der Waals surface area (Å²) in [6.07, 6.45) is 1.70. The molecular formula is C36H47BrN2O4S. The molecule has 0 fully saturated rings. The Morgan fingerprint density at radius 2 is 1.39 bits per heavy atom. The molecule has 0 unspecified atom stereocenters. The Hall–Kier alpha value is -2.91. The number of sulfonamides is 1. The van der Waals surface area contributed by atoms with E-state index in [-0.39, 0.29) is 23.5 Å². The van der Waals surface area contributed by atoms with Crippen LogP contribution in [0, 0.1) is 13.8 Å². The van der Waals surface area contributed by atoms with Crippen molar-refractivity contribution in [2.45, 2.75) is 58.5 Å². The molecule has 0 spiro atoms. The summed E-state index contributed by atoms with van der Waals surface area (Å²) in [5.41, 5.74) is 4.81. The summed E-state index contributed by atoms with van der Waals surface area (Å²) in [5.74, 6) is 1.20. The normalized spacial score (nSPS) is 11.9. The maximum Gasteiger partial charge on any atom is 0.243 e. The number of aryl methyl sites for hydroxylation is 2. The van der Waals surface area contributed by atoms with E-state index in [1.54, 1.807) is 30.7 Å². The molecule has 4 aromatic carbocycles. The summed E-state index contributed by atoms with van der Waals surface area (Å²) in [6, 6.07) is 25.7. The van der Waals surface area contributed by atoms with E-state index in [1.165, 1.54) is 16.7 Å². The fourth-order valence-corrected chi connectivity index (χ4v) is 7.57. The first-order valence-corrected chi connectivity index (χ1v) is 16.7. The molecule has 0 aliphatic carbocycles. The molecule has 8 heteroatoms. The second-order valence-corrected chi connectivity index (χ2v) is 13.5. The van der Waals surface area contributed by atoms with Gasteiger partial charge in [-0.25, -0.2) is 8.42 Å². The van der Waals surface area contributed by atoms with Crippen molar-refractivity contribution in [1.82, 2.24) is 4.31 Å². The largest absolute Gasteiger partial charge is 1.00 e. The maximum absolute atomic E-state index is 14.1. The predicted molar refractivity (Wildman–Crippen MR) is 176 cm³/mol. The lowest BCUT2D eigenvalue weighted by Crippen LogP contribution is -3.00. The average Bonchev–Trinajstić information content (AvgIpc) is 3.00. The van der Waals surface area contributed by atoms with Gasteiger partial charge in [-0.15, -0.1) is 0 Å². The van der Waals surface area contributed by atoms with E-state index in [1.807, 2.05) is 48.5 Å². The highest BCUT2D eigenvalue weighted by molar-refractivity contribution is 7.89. The zero-order chi connectivity index (χ0) is 31.0. The van der Waals surface area contributed by atoms with Crippen molar-refractivity contribution >= 4 is 20.8 Å². The molecule has 0 N–H and O–H groups in total. The van der Waals surface area contributed by atoms with E-state index < -0.39 is 10.0 Å². The molecule has 4 aromatic rings. The number of benzene rings is 4. The van der Waals surface area contributed by atoms with Crippen LogP contribution >= 0.6 is 0 Å². The van der Waals surface area contributed by atoms with Gasteiger partial charge in [-0.1, -0.05) is 65.7 Å². The summed E-state index contributed by atoms with van der Waals surface area (Å²) in [7, 11) is -0.566. The van der Waals surface area contributed by atoms with Crippen LogP contribution in [0.3, 0.4) is 0 Å². The van der Waals surface area contributed by atoms with Gasteiger partial charge in [0, 0.05) is 18.7 Å². The number of fused-ring (bicyclic) bond motifs is 1. The Bertz CT molecular complexity index is 1620. The number of halogens is 1. The summed E-state index contributed by atoms with van der Waals surface area (Å²) in [6.45, 7) is 13.6. The summed E-state index contributed by atoms with van der Waals surface area (Å²) >= 11 is 0. The van der Waals surface area contributed by atoms with Gasteiger partial charge in [0.05, 0.1) is 38.7 Å². The second kappa shape index (κ2) is 15.9. The minimum Gasteiger partial charge on any atom is -1.00 e. The molecule has 0 heterocycles. The first kappa shape index (κ1) is 35.6. The lowest BCUT2D eigenvalue weighted by Gasteiger charge is -2.37. The third-order valence-electron chi connectivity index (χ3n) is 8.60. The lowest BCUT2D eigenvalue weighted by atomic mass is 10.1. The van der Waals surface area contributed by atoms with Crippen LogP contribution in [0.25, 0.3) is 10.8 Å². The molecule has 0 saturated heterocycles. The lowest BCUT2D eigenvalue weighted by molar-refractivity contribution is -0.938. The first-order valence-electron chi connectivity index (χ1n) is 15.2. The molecule has 238 valence electrons. The van der Waals surface area contributed by atoms with E-state index in [0.29, 0.717) is 22.9 Å². The number of quaternary nitrogens is 1. The number of nitrogens with zero attached hydrogens (tertiary/aromatic N) is 2. The zero-order valence-corrected chi connectivity index (χ0v) is 29.4. The van der Waals surface area contributed by atoms with Crippen molar-refractivity contribution in [3.63, 3.8) is 0 Å². The van der Waals surface area contributed by atoms with Gasteiger partial charge in [0.15, 0.2) is 11.5 Å². The molecular weight excluding hydrogens is 636 g/mol. The molecule has 0 bridgehead atoms. The molecule has 6 nitrogen and oxygen atoms in total. The quantitative estimate of drug-likeness (QED) is 0.137. The van der Waals surface area contributed by atoms with Crippen LogP contribution < -0.4 is 26.5 Å². The molecule has 0 aliphatic heterocycles. The highest BCUT2D eigenvalue weighted by Gasteiger charge is 2.27. The fraction of sp³-hybridized carbons (Fsp3) is 0.389.